The molecule has 0 amide bonds. The maximum atomic E-state index is 7.57. The maximum Gasteiger partial charge on any atom is 0.212 e. The van der Waals surface area contributed by atoms with Crippen LogP contribution in [0.5, 0.6) is 0 Å². The maximum absolute atomic E-state index is 7.57. The van der Waals surface area contributed by atoms with Crippen LogP contribution < -0.4 is 18.3 Å². The summed E-state index contributed by atoms with van der Waals surface area (Å²) in [6, 6.07) is 69.7. The van der Waals surface area contributed by atoms with E-state index >= 15 is 0 Å². The van der Waals surface area contributed by atoms with Gasteiger partial charge in [0.05, 0.1) is 0 Å². The van der Waals surface area contributed by atoms with E-state index in [1.165, 1.54) is 131 Å². The van der Waals surface area contributed by atoms with Gasteiger partial charge in [0.1, 0.15) is 28.2 Å². The second-order valence-electron chi connectivity index (χ2n) is 22.3. The van der Waals surface area contributed by atoms with Crippen molar-refractivity contribution in [3.05, 3.63) is 286 Å². The van der Waals surface area contributed by atoms with Crippen molar-refractivity contribution >= 4 is 0 Å². The first kappa shape index (κ1) is 63.2. The molecule has 0 fully saturated rings. The van der Waals surface area contributed by atoms with Crippen LogP contribution >= 0.6 is 0 Å². The Morgan fingerprint density at radius 2 is 0.581 bits per heavy atom. The number of aryl methyl sites for hydroxylation is 15. The molecule has 4 heterocycles. The van der Waals surface area contributed by atoms with Crippen LogP contribution in [0, 0.1) is 62.2 Å². The van der Waals surface area contributed by atoms with Gasteiger partial charge in [0.15, 0.2) is 24.8 Å². The highest BCUT2D eigenvalue weighted by atomic mass is 14.9. The van der Waals surface area contributed by atoms with Crippen LogP contribution in [0.2, 0.25) is 0 Å². The quantitative estimate of drug-likeness (QED) is 0.141. The van der Waals surface area contributed by atoms with Crippen molar-refractivity contribution in [2.45, 2.75) is 111 Å². The van der Waals surface area contributed by atoms with E-state index in [-0.39, 0.29) is 29.7 Å². The van der Waals surface area contributed by atoms with Crippen molar-refractivity contribution < 1.29 is 22.4 Å². The average molecular weight is 1140 g/mol. The summed E-state index contributed by atoms with van der Waals surface area (Å²) in [5.41, 5.74) is 31.0. The lowest BCUT2D eigenvalue weighted by Gasteiger charge is -2.10. The molecule has 7 aromatic carbocycles. The normalized spacial score (nSPS) is 11.5. The summed E-state index contributed by atoms with van der Waals surface area (Å²) >= 11 is 0. The lowest BCUT2D eigenvalue weighted by Crippen LogP contribution is -2.31. The van der Waals surface area contributed by atoms with Gasteiger partial charge in [0.2, 0.25) is 22.8 Å². The minimum Gasteiger partial charge on any atom is -0.201 e. The lowest BCUT2D eigenvalue weighted by atomic mass is 9.97. The molecule has 4 aromatic heterocycles. The zero-order valence-corrected chi connectivity index (χ0v) is 50.3. The highest BCUT2D eigenvalue weighted by Gasteiger charge is 2.22. The fourth-order valence-electron chi connectivity index (χ4n) is 11.5. The molecule has 1 aliphatic rings. The lowest BCUT2D eigenvalue weighted by molar-refractivity contribution is -0.660. The summed E-state index contributed by atoms with van der Waals surface area (Å²) in [6.07, 6.45) is 12.7. The Labute approximate surface area is 523 Å². The predicted octanol–water partition coefficient (Wildman–Crippen LogP) is 19.5. The zero-order chi connectivity index (χ0) is 60.5. The number of pyridine rings is 4. The summed E-state index contributed by atoms with van der Waals surface area (Å²) < 4.78 is 31.5. The van der Waals surface area contributed by atoms with E-state index in [2.05, 4.69) is 276 Å². The number of hydrogen-bond acceptors (Lipinski definition) is 0. The molecule has 1 aliphatic carbocycles. The molecule has 442 valence electrons. The van der Waals surface area contributed by atoms with Crippen LogP contribution in [0.15, 0.2) is 225 Å². The topological polar surface area (TPSA) is 15.5 Å². The molecule has 4 nitrogen and oxygen atoms in total. The third kappa shape index (κ3) is 15.9. The van der Waals surface area contributed by atoms with Crippen molar-refractivity contribution in [1.29, 1.82) is 0 Å². The predicted molar refractivity (Wildman–Crippen MR) is 370 cm³/mol. The Balaban J connectivity index is 0.000000214. The summed E-state index contributed by atoms with van der Waals surface area (Å²) in [5.74, 6) is 0. The minimum absolute atomic E-state index is 0. The van der Waals surface area contributed by atoms with Crippen LogP contribution in [0.4, 0.5) is 0 Å². The SMILES string of the molecule is C.C.C.C.Cc1cc(-c2ccccc2C)[n+](C)cc1-c1ccccc1.Cc1cc(-c2ccccc2C)[n+](C)cc1-c1ccccc1.Cc1ccc(-c2cc3c(c[n+]2C)CCC3)c(C)c1.[2H]C([2H])([2H])c1ccc(-c2cc(C)c(-c3ccccc3)c[n+]2C)c(C)c1. The molecule has 0 bridgehead atoms. The third-order valence-electron chi connectivity index (χ3n) is 16.0. The highest BCUT2D eigenvalue weighted by Crippen LogP contribution is 2.31. The molecule has 12 rings (SSSR count). The molecule has 0 saturated heterocycles. The van der Waals surface area contributed by atoms with E-state index in [1.807, 2.05) is 38.2 Å². The van der Waals surface area contributed by atoms with Gasteiger partial charge in [-0.2, -0.15) is 0 Å². The third-order valence-corrected chi connectivity index (χ3v) is 16.0. The minimum atomic E-state index is -2.07. The van der Waals surface area contributed by atoms with Crippen molar-refractivity contribution in [1.82, 2.24) is 0 Å². The van der Waals surface area contributed by atoms with Gasteiger partial charge in [0, 0.05) is 72.9 Å². The van der Waals surface area contributed by atoms with Crippen LogP contribution in [-0.2, 0) is 41.0 Å². The Kier molecular flexibility index (Phi) is 22.6. The second kappa shape index (κ2) is 30.8. The first-order chi connectivity index (χ1) is 40.7. The summed E-state index contributed by atoms with van der Waals surface area (Å²) in [4.78, 5) is 0. The van der Waals surface area contributed by atoms with E-state index < -0.39 is 6.85 Å². The largest absolute Gasteiger partial charge is 0.212 e. The molecular weight excluding hydrogens is 1040 g/mol. The number of hydrogen-bond donors (Lipinski definition) is 0. The van der Waals surface area contributed by atoms with Crippen LogP contribution in [0.25, 0.3) is 78.4 Å². The van der Waals surface area contributed by atoms with E-state index in [0.717, 1.165) is 16.8 Å². The van der Waals surface area contributed by atoms with Gasteiger partial charge in [-0.3, -0.25) is 0 Å². The van der Waals surface area contributed by atoms with Crippen LogP contribution in [0.3, 0.4) is 0 Å². The Hall–Kier alpha value is -8.86. The van der Waals surface area contributed by atoms with Crippen molar-refractivity contribution in [2.24, 2.45) is 28.2 Å². The summed E-state index contributed by atoms with van der Waals surface area (Å²) in [6.45, 7) is 15.1. The van der Waals surface area contributed by atoms with Gasteiger partial charge in [-0.1, -0.05) is 192 Å². The standard InChI is InChI=1S/C21H22N.2C20H20N.C17H20N.4CH4/c1-15-10-11-19(16(2)12-15)21-13-17(3)20(14-22(21)4)18-8-6-5-7-9-18;2*1-15-9-7-8-12-18(15)20-13-16(2)19(14-21(20)3)17-10-5-4-6-11-17;1-12-7-8-16(13(2)9-12)17-10-14-5-4-6-15(14)11-18(17)3;;;;/h5-14H,1-4H3;2*4-14H,1-3H3;7-11H,4-6H2,1-3H3;4*1H4/q4*+1;;;;/i1D3;;;;;;;. The molecule has 0 spiro atoms. The first-order valence-corrected chi connectivity index (χ1v) is 28.8. The van der Waals surface area contributed by atoms with Gasteiger partial charge in [-0.15, -0.1) is 0 Å². The average Bonchev–Trinajstić information content (AvgIpc) is 1.58. The molecule has 4 heteroatoms. The van der Waals surface area contributed by atoms with E-state index in [1.54, 1.807) is 17.7 Å². The van der Waals surface area contributed by atoms with Crippen LogP contribution in [-0.4, -0.2) is 0 Å². The molecule has 0 aliphatic heterocycles. The number of aromatic nitrogens is 4. The van der Waals surface area contributed by atoms with Crippen molar-refractivity contribution in [3.8, 4) is 78.4 Å². The fourth-order valence-corrected chi connectivity index (χ4v) is 11.5. The van der Waals surface area contributed by atoms with Crippen molar-refractivity contribution in [2.75, 3.05) is 0 Å². The Morgan fingerprint density at radius 1 is 0.279 bits per heavy atom. The molecular formula is C82H98N4+4. The van der Waals surface area contributed by atoms with Gasteiger partial charge in [-0.25, -0.2) is 18.3 Å². The smallest absolute Gasteiger partial charge is 0.201 e. The molecule has 0 atom stereocenters. The van der Waals surface area contributed by atoms with Gasteiger partial charge in [0.25, 0.3) is 0 Å². The number of nitrogens with zero attached hydrogens (tertiary/aromatic N) is 4. The van der Waals surface area contributed by atoms with Crippen molar-refractivity contribution in [3.63, 3.8) is 0 Å². The summed E-state index contributed by atoms with van der Waals surface area (Å²) in [7, 11) is 8.42. The second-order valence-corrected chi connectivity index (χ2v) is 22.3. The zero-order valence-electron chi connectivity index (χ0n) is 53.3. The van der Waals surface area contributed by atoms with Gasteiger partial charge >= 0.3 is 0 Å². The summed E-state index contributed by atoms with van der Waals surface area (Å²) in [5, 5.41) is 0. The Bertz CT molecular complexity index is 4010. The molecule has 86 heavy (non-hydrogen) atoms. The number of rotatable bonds is 7. The molecule has 0 N–H and O–H groups in total. The molecule has 11 aromatic rings. The fraction of sp³-hybridized carbons (Fsp3) is 0.244. The first-order valence-electron chi connectivity index (χ1n) is 30.3. The molecule has 0 saturated carbocycles. The highest BCUT2D eigenvalue weighted by molar-refractivity contribution is 5.72. The van der Waals surface area contributed by atoms with Gasteiger partial charge in [-0.05, 0) is 167 Å². The number of benzene rings is 7. The molecule has 0 unspecified atom stereocenters. The number of fused-ring (bicyclic) bond motifs is 1. The van der Waals surface area contributed by atoms with Crippen LogP contribution in [0.1, 0.15) is 101 Å². The monoisotopic (exact) mass is 1140 g/mol. The van der Waals surface area contributed by atoms with E-state index in [9.17, 15) is 0 Å². The Morgan fingerprint density at radius 3 is 0.953 bits per heavy atom. The van der Waals surface area contributed by atoms with E-state index in [0.29, 0.717) is 5.56 Å². The van der Waals surface area contributed by atoms with Gasteiger partial charge < -0.3 is 0 Å². The van der Waals surface area contributed by atoms with E-state index in [4.69, 9.17) is 4.11 Å². The molecule has 0 radical (unpaired) electrons.